The Morgan fingerprint density at radius 2 is 2.00 bits per heavy atom. The largest absolute Gasteiger partial charge is 0.341 e. The van der Waals surface area contributed by atoms with Crippen molar-refractivity contribution in [3.8, 4) is 0 Å². The fourth-order valence-corrected chi connectivity index (χ4v) is 4.54. The number of likely N-dealkylation sites (tertiary alicyclic amines) is 1. The maximum absolute atomic E-state index is 13.1. The summed E-state index contributed by atoms with van der Waals surface area (Å²) in [4.78, 5) is 27.1. The van der Waals surface area contributed by atoms with Crippen LogP contribution in [0.5, 0.6) is 0 Å². The van der Waals surface area contributed by atoms with Crippen molar-refractivity contribution in [1.82, 2.24) is 15.7 Å². The average Bonchev–Trinajstić information content (AvgIpc) is 3.22. The summed E-state index contributed by atoms with van der Waals surface area (Å²) in [6, 6.07) is 7.97. The molecule has 6 heteroatoms. The minimum absolute atomic E-state index is 0.0105. The molecular formula is C20H27N3O3. The van der Waals surface area contributed by atoms with E-state index < -0.39 is 17.9 Å². The van der Waals surface area contributed by atoms with Crippen molar-refractivity contribution in [3.05, 3.63) is 35.4 Å². The summed E-state index contributed by atoms with van der Waals surface area (Å²) in [6.07, 6.45) is 3.81. The Bertz CT molecular complexity index is 699. The summed E-state index contributed by atoms with van der Waals surface area (Å²) >= 11 is 0. The van der Waals surface area contributed by atoms with Crippen LogP contribution in [-0.4, -0.2) is 47.6 Å². The highest BCUT2D eigenvalue weighted by Gasteiger charge is 2.53. The van der Waals surface area contributed by atoms with Crippen LogP contribution in [0.3, 0.4) is 0 Å². The lowest BCUT2D eigenvalue weighted by atomic mass is 9.81. The predicted molar refractivity (Wildman–Crippen MR) is 96.6 cm³/mol. The molecule has 0 bridgehead atoms. The van der Waals surface area contributed by atoms with E-state index in [0.29, 0.717) is 25.4 Å². The molecule has 1 aromatic rings. The number of amides is 2. The average molecular weight is 357 g/mol. The minimum atomic E-state index is -0.537. The molecule has 3 fully saturated rings. The Labute approximate surface area is 153 Å². The van der Waals surface area contributed by atoms with Crippen LogP contribution < -0.4 is 10.8 Å². The lowest BCUT2D eigenvalue weighted by Gasteiger charge is -2.37. The number of carbonyl (C=O) groups excluding carboxylic acids is 2. The van der Waals surface area contributed by atoms with Gasteiger partial charge >= 0.3 is 0 Å². The molecule has 1 aliphatic carbocycles. The zero-order valence-electron chi connectivity index (χ0n) is 15.2. The van der Waals surface area contributed by atoms with E-state index in [4.69, 9.17) is 5.21 Å². The highest BCUT2D eigenvalue weighted by molar-refractivity contribution is 5.90. The van der Waals surface area contributed by atoms with Crippen LogP contribution in [-0.2, 0) is 9.59 Å². The van der Waals surface area contributed by atoms with Gasteiger partial charge in [-0.1, -0.05) is 29.8 Å². The van der Waals surface area contributed by atoms with E-state index in [9.17, 15) is 9.59 Å². The smallest absolute Gasteiger partial charge is 0.248 e. The lowest BCUT2D eigenvalue weighted by molar-refractivity contribution is -0.144. The van der Waals surface area contributed by atoms with Crippen molar-refractivity contribution >= 4 is 11.8 Å². The van der Waals surface area contributed by atoms with Crippen molar-refractivity contribution < 1.29 is 14.8 Å². The van der Waals surface area contributed by atoms with Crippen LogP contribution in [0.4, 0.5) is 0 Å². The summed E-state index contributed by atoms with van der Waals surface area (Å²) in [6.45, 7) is 4.27. The number of benzene rings is 1. The molecule has 3 atom stereocenters. The van der Waals surface area contributed by atoms with Gasteiger partial charge in [0.05, 0.1) is 12.0 Å². The topological polar surface area (TPSA) is 81.7 Å². The van der Waals surface area contributed by atoms with E-state index in [2.05, 4.69) is 36.5 Å². The Balaban J connectivity index is 1.44. The van der Waals surface area contributed by atoms with Gasteiger partial charge in [-0.3, -0.25) is 14.8 Å². The molecule has 4 rings (SSSR count). The van der Waals surface area contributed by atoms with Crippen LogP contribution in [0, 0.1) is 18.3 Å². The third kappa shape index (κ3) is 3.23. The van der Waals surface area contributed by atoms with E-state index in [1.807, 2.05) is 4.90 Å². The van der Waals surface area contributed by atoms with Gasteiger partial charge in [-0.05, 0) is 43.6 Å². The van der Waals surface area contributed by atoms with Gasteiger partial charge in [-0.15, -0.1) is 0 Å². The van der Waals surface area contributed by atoms with E-state index in [-0.39, 0.29) is 11.3 Å². The van der Waals surface area contributed by atoms with Crippen molar-refractivity contribution in [3.63, 3.8) is 0 Å². The number of nitrogens with one attached hydrogen (secondary N) is 2. The van der Waals surface area contributed by atoms with Gasteiger partial charge in [0.2, 0.25) is 11.8 Å². The van der Waals surface area contributed by atoms with Gasteiger partial charge in [0.1, 0.15) is 0 Å². The monoisotopic (exact) mass is 357 g/mol. The maximum atomic E-state index is 13.1. The molecule has 0 aromatic heterocycles. The number of hydroxylamine groups is 1. The molecule has 1 aromatic carbocycles. The molecule has 1 saturated carbocycles. The SMILES string of the molecule is Cc1ccc(C2CCN(C(=O)[C@H]3NCC4(CC4)C[C@@H]3C(=O)NO)C2)cc1. The molecule has 2 aliphatic heterocycles. The second-order valence-electron chi connectivity index (χ2n) is 8.33. The predicted octanol–water partition coefficient (Wildman–Crippen LogP) is 1.57. The molecule has 26 heavy (non-hydrogen) atoms. The van der Waals surface area contributed by atoms with Gasteiger partial charge in [0.15, 0.2) is 0 Å². The van der Waals surface area contributed by atoms with Gasteiger partial charge in [-0.2, -0.15) is 0 Å². The first-order valence-corrected chi connectivity index (χ1v) is 9.54. The molecule has 1 unspecified atom stereocenters. The molecule has 140 valence electrons. The first kappa shape index (κ1) is 17.5. The number of hydrogen-bond acceptors (Lipinski definition) is 4. The van der Waals surface area contributed by atoms with Crippen LogP contribution in [0.25, 0.3) is 0 Å². The first-order chi connectivity index (χ1) is 12.5. The quantitative estimate of drug-likeness (QED) is 0.567. The second-order valence-corrected chi connectivity index (χ2v) is 8.33. The Hall–Kier alpha value is -1.92. The van der Waals surface area contributed by atoms with Crippen molar-refractivity contribution in [1.29, 1.82) is 0 Å². The number of hydrogen-bond donors (Lipinski definition) is 3. The third-order valence-electron chi connectivity index (χ3n) is 6.47. The zero-order chi connectivity index (χ0) is 18.3. The van der Waals surface area contributed by atoms with Crippen LogP contribution in [0.2, 0.25) is 0 Å². The molecule has 0 radical (unpaired) electrons. The Morgan fingerprint density at radius 3 is 2.65 bits per heavy atom. The van der Waals surface area contributed by atoms with Gasteiger partial charge < -0.3 is 10.2 Å². The first-order valence-electron chi connectivity index (χ1n) is 9.54. The highest BCUT2D eigenvalue weighted by Crippen LogP contribution is 2.52. The maximum Gasteiger partial charge on any atom is 0.248 e. The number of carbonyl (C=O) groups is 2. The number of rotatable bonds is 3. The Morgan fingerprint density at radius 1 is 1.27 bits per heavy atom. The van der Waals surface area contributed by atoms with Gasteiger partial charge in [0.25, 0.3) is 0 Å². The second kappa shape index (κ2) is 6.67. The third-order valence-corrected chi connectivity index (χ3v) is 6.47. The highest BCUT2D eigenvalue weighted by atomic mass is 16.5. The van der Waals surface area contributed by atoms with Crippen LogP contribution in [0.1, 0.15) is 42.7 Å². The van der Waals surface area contributed by atoms with E-state index in [1.165, 1.54) is 11.1 Å². The van der Waals surface area contributed by atoms with Crippen molar-refractivity contribution in [2.45, 2.75) is 44.6 Å². The Kier molecular flexibility index (Phi) is 4.49. The summed E-state index contributed by atoms with van der Waals surface area (Å²) in [5, 5.41) is 12.4. The van der Waals surface area contributed by atoms with Crippen LogP contribution in [0.15, 0.2) is 24.3 Å². The molecule has 1 spiro atoms. The van der Waals surface area contributed by atoms with Crippen molar-refractivity contribution in [2.75, 3.05) is 19.6 Å². The van der Waals surface area contributed by atoms with E-state index in [0.717, 1.165) is 25.8 Å². The van der Waals surface area contributed by atoms with Crippen molar-refractivity contribution in [2.24, 2.45) is 11.3 Å². The zero-order valence-corrected chi connectivity index (χ0v) is 15.2. The summed E-state index contributed by atoms with van der Waals surface area (Å²) < 4.78 is 0. The number of aryl methyl sites for hydroxylation is 1. The molecular weight excluding hydrogens is 330 g/mol. The summed E-state index contributed by atoms with van der Waals surface area (Å²) in [5.41, 5.74) is 4.42. The fraction of sp³-hybridized carbons (Fsp3) is 0.600. The molecule has 6 nitrogen and oxygen atoms in total. The lowest BCUT2D eigenvalue weighted by Crippen LogP contribution is -2.58. The van der Waals surface area contributed by atoms with Gasteiger partial charge in [-0.25, -0.2) is 5.48 Å². The molecule has 3 N–H and O–H groups in total. The van der Waals surface area contributed by atoms with E-state index >= 15 is 0 Å². The summed E-state index contributed by atoms with van der Waals surface area (Å²) in [7, 11) is 0. The normalized spacial score (nSPS) is 29.6. The molecule has 2 amide bonds. The van der Waals surface area contributed by atoms with E-state index in [1.54, 1.807) is 5.48 Å². The minimum Gasteiger partial charge on any atom is -0.341 e. The van der Waals surface area contributed by atoms with Gasteiger partial charge in [0, 0.05) is 25.6 Å². The molecule has 2 saturated heterocycles. The number of piperidine rings is 1. The van der Waals surface area contributed by atoms with Crippen LogP contribution >= 0.6 is 0 Å². The fourth-order valence-electron chi connectivity index (χ4n) is 4.54. The standard InChI is InChI=1S/C20H27N3O3/c1-13-2-4-14(5-3-13)15-6-9-23(11-15)19(25)17-16(18(24)22-26)10-20(7-8-20)12-21-17/h2-5,15-17,21,26H,6-12H2,1H3,(H,22,24)/t15?,16-,17-/m0/s1. The molecule has 2 heterocycles. The number of nitrogens with zero attached hydrogens (tertiary/aromatic N) is 1. The molecule has 3 aliphatic rings. The summed E-state index contributed by atoms with van der Waals surface area (Å²) in [5.74, 6) is -0.606.